The number of aromatic nitrogens is 2. The molecule has 3 rings (SSSR count). The van der Waals surface area contributed by atoms with Crippen LogP contribution in [0, 0.1) is 5.82 Å². The first-order valence-electron chi connectivity index (χ1n) is 7.47. The molecule has 1 aliphatic rings. The number of β-amino-alcohol motifs (C(OH)–C–C–N with tert-alkyl or cyclic N) is 1. The third kappa shape index (κ3) is 3.73. The lowest BCUT2D eigenvalue weighted by Crippen LogP contribution is -2.42. The van der Waals surface area contributed by atoms with Crippen LogP contribution in [0.1, 0.15) is 12.5 Å². The van der Waals surface area contributed by atoms with Crippen molar-refractivity contribution < 1.29 is 27.4 Å². The Hall–Kier alpha value is -1.23. The quantitative estimate of drug-likeness (QED) is 0.521. The summed E-state index contributed by atoms with van der Waals surface area (Å²) in [7, 11) is 0. The third-order valence-corrected chi connectivity index (χ3v) is 4.82. The van der Waals surface area contributed by atoms with E-state index in [1.807, 2.05) is 0 Å². The number of hydrogen-bond donors (Lipinski definition) is 1. The summed E-state index contributed by atoms with van der Waals surface area (Å²) in [4.78, 5) is 9.24. The molecule has 0 aliphatic carbocycles. The first kappa shape index (κ1) is 19.5. The number of alkyl halides is 3. The fraction of sp³-hybridized carbons (Fsp3) is 0.467. The van der Waals surface area contributed by atoms with Crippen molar-refractivity contribution >= 4 is 44.3 Å². The summed E-state index contributed by atoms with van der Waals surface area (Å²) in [5.74, 6) is -1.18. The maximum Gasteiger partial charge on any atom is 0.417 e. The first-order valence-corrected chi connectivity index (χ1v) is 8.64. The molecule has 1 N–H and O–H groups in total. The van der Waals surface area contributed by atoms with Crippen molar-refractivity contribution in [1.82, 2.24) is 9.97 Å². The number of aliphatic hydroxyl groups is 1. The van der Waals surface area contributed by atoms with Crippen molar-refractivity contribution in [2.24, 2.45) is 0 Å². The highest BCUT2D eigenvalue weighted by Gasteiger charge is 2.37. The molecule has 1 atom stereocenters. The minimum absolute atomic E-state index is 0.00248. The highest BCUT2D eigenvalue weighted by Crippen LogP contribution is 2.41. The van der Waals surface area contributed by atoms with Crippen molar-refractivity contribution in [3.63, 3.8) is 0 Å². The zero-order chi connectivity index (χ0) is 19.3. The van der Waals surface area contributed by atoms with Gasteiger partial charge in [-0.1, -0.05) is 0 Å². The molecule has 26 heavy (non-hydrogen) atoms. The molecule has 1 aliphatic heterocycles. The van der Waals surface area contributed by atoms with E-state index in [9.17, 15) is 22.7 Å². The third-order valence-electron chi connectivity index (χ3n) is 3.88. The topological polar surface area (TPSA) is 58.5 Å². The van der Waals surface area contributed by atoms with E-state index in [0.29, 0.717) is 0 Å². The zero-order valence-corrected chi connectivity index (χ0v) is 15.7. The van der Waals surface area contributed by atoms with Crippen LogP contribution in [-0.2, 0) is 10.9 Å². The highest BCUT2D eigenvalue weighted by atomic mass is 79.9. The van der Waals surface area contributed by atoms with Gasteiger partial charge < -0.3 is 14.7 Å². The summed E-state index contributed by atoms with van der Waals surface area (Å²) >= 11 is 8.50. The highest BCUT2D eigenvalue weighted by molar-refractivity contribution is 9.10. The number of halogens is 6. The second-order valence-electron chi connectivity index (χ2n) is 6.23. The lowest BCUT2D eigenvalue weighted by Gasteiger charge is -2.29. The SMILES string of the molecule is CC1(O)COCCN(c2nc(Cl)nc3c(F)c(Br)c(C(F)(F)F)cc23)C1. The Bertz CT molecular complexity index is 863. The number of hydrogen-bond acceptors (Lipinski definition) is 5. The Morgan fingerprint density at radius 1 is 1.38 bits per heavy atom. The summed E-state index contributed by atoms with van der Waals surface area (Å²) in [6.45, 7) is 2.04. The van der Waals surface area contributed by atoms with Crippen LogP contribution in [0.15, 0.2) is 10.5 Å². The predicted molar refractivity (Wildman–Crippen MR) is 90.9 cm³/mol. The Balaban J connectivity index is 2.26. The van der Waals surface area contributed by atoms with Gasteiger partial charge in [0.1, 0.15) is 16.9 Å². The number of ether oxygens (including phenoxy) is 1. The van der Waals surface area contributed by atoms with Crippen LogP contribution < -0.4 is 4.90 Å². The number of anilines is 1. The second-order valence-corrected chi connectivity index (χ2v) is 7.36. The van der Waals surface area contributed by atoms with Gasteiger partial charge in [0.05, 0.1) is 29.8 Å². The lowest BCUT2D eigenvalue weighted by molar-refractivity contribution is -0.138. The Morgan fingerprint density at radius 3 is 2.73 bits per heavy atom. The smallest absolute Gasteiger partial charge is 0.386 e. The molecule has 0 amide bonds. The average Bonchev–Trinajstić information content (AvgIpc) is 2.70. The number of rotatable bonds is 1. The van der Waals surface area contributed by atoms with Gasteiger partial charge in [-0.3, -0.25) is 0 Å². The Labute approximate surface area is 159 Å². The fourth-order valence-electron chi connectivity index (χ4n) is 2.79. The van der Waals surface area contributed by atoms with Gasteiger partial charge in [-0.15, -0.1) is 0 Å². The van der Waals surface area contributed by atoms with Gasteiger partial charge in [0.2, 0.25) is 5.28 Å². The first-order chi connectivity index (χ1) is 12.0. The van der Waals surface area contributed by atoms with Crippen molar-refractivity contribution in [2.45, 2.75) is 18.7 Å². The summed E-state index contributed by atoms with van der Waals surface area (Å²) in [5.41, 5.74) is -2.79. The molecule has 2 aromatic rings. The molecule has 11 heteroatoms. The van der Waals surface area contributed by atoms with Gasteiger partial charge >= 0.3 is 6.18 Å². The molecule has 5 nitrogen and oxygen atoms in total. The molecule has 2 heterocycles. The van der Waals surface area contributed by atoms with Gasteiger partial charge in [0, 0.05) is 11.9 Å². The van der Waals surface area contributed by atoms with Gasteiger partial charge in [0.15, 0.2) is 5.82 Å². The zero-order valence-electron chi connectivity index (χ0n) is 13.4. The van der Waals surface area contributed by atoms with Crippen molar-refractivity contribution in [2.75, 3.05) is 31.2 Å². The number of nitrogens with zero attached hydrogens (tertiary/aromatic N) is 3. The summed E-state index contributed by atoms with van der Waals surface area (Å²) in [6.07, 6.45) is -4.78. The predicted octanol–water partition coefficient (Wildman–Crippen LogP) is 3.79. The maximum absolute atomic E-state index is 14.6. The van der Waals surface area contributed by atoms with Crippen LogP contribution in [0.5, 0.6) is 0 Å². The van der Waals surface area contributed by atoms with Crippen molar-refractivity contribution in [3.8, 4) is 0 Å². The van der Waals surface area contributed by atoms with Crippen LogP contribution >= 0.6 is 27.5 Å². The van der Waals surface area contributed by atoms with Crippen LogP contribution in [0.4, 0.5) is 23.4 Å². The molecule has 1 aromatic carbocycles. The van der Waals surface area contributed by atoms with Gasteiger partial charge in [0.25, 0.3) is 0 Å². The molecule has 0 bridgehead atoms. The monoisotopic (exact) mass is 457 g/mol. The van der Waals surface area contributed by atoms with E-state index in [2.05, 4.69) is 25.9 Å². The van der Waals surface area contributed by atoms with E-state index < -0.39 is 27.6 Å². The lowest BCUT2D eigenvalue weighted by atomic mass is 10.1. The summed E-state index contributed by atoms with van der Waals surface area (Å²) < 4.78 is 58.9. The van der Waals surface area contributed by atoms with E-state index in [0.717, 1.165) is 6.07 Å². The molecule has 0 radical (unpaired) electrons. The van der Waals surface area contributed by atoms with E-state index in [1.54, 1.807) is 0 Å². The molecule has 1 aromatic heterocycles. The fourth-order valence-corrected chi connectivity index (χ4v) is 3.48. The molecule has 1 saturated heterocycles. The minimum Gasteiger partial charge on any atom is -0.386 e. The van der Waals surface area contributed by atoms with E-state index in [1.165, 1.54) is 11.8 Å². The standard InChI is InChI=1S/C15H13BrClF4N3O2/c1-14(25)5-24(2-3-26-6-14)12-7-4-8(15(19,20)21)9(16)10(18)11(7)22-13(17)23-12/h4,25H,2-3,5-6H2,1H3. The van der Waals surface area contributed by atoms with Gasteiger partial charge in [-0.25, -0.2) is 9.37 Å². The molecule has 0 saturated carbocycles. The van der Waals surface area contributed by atoms with Crippen molar-refractivity contribution in [3.05, 3.63) is 27.2 Å². The summed E-state index contributed by atoms with van der Waals surface area (Å²) in [5, 5.41) is 9.84. The van der Waals surface area contributed by atoms with Gasteiger partial charge in [-0.05, 0) is 40.5 Å². The van der Waals surface area contributed by atoms with Crippen LogP contribution in [0.2, 0.25) is 5.28 Å². The molecule has 0 spiro atoms. The van der Waals surface area contributed by atoms with Crippen LogP contribution in [0.3, 0.4) is 0 Å². The normalized spacial score (nSPS) is 21.9. The maximum atomic E-state index is 14.6. The Morgan fingerprint density at radius 2 is 2.08 bits per heavy atom. The average molecular weight is 459 g/mol. The number of fused-ring (bicyclic) bond motifs is 1. The van der Waals surface area contributed by atoms with Crippen LogP contribution in [-0.4, -0.2) is 47.0 Å². The largest absolute Gasteiger partial charge is 0.417 e. The van der Waals surface area contributed by atoms with Crippen LogP contribution in [0.25, 0.3) is 10.9 Å². The molecule has 1 fully saturated rings. The van der Waals surface area contributed by atoms with E-state index in [4.69, 9.17) is 16.3 Å². The minimum atomic E-state index is -4.78. The van der Waals surface area contributed by atoms with E-state index in [-0.39, 0.29) is 48.3 Å². The van der Waals surface area contributed by atoms with E-state index >= 15 is 0 Å². The Kier molecular flexibility index (Phi) is 5.06. The molecular formula is C15H13BrClF4N3O2. The van der Waals surface area contributed by atoms with Crippen molar-refractivity contribution in [1.29, 1.82) is 0 Å². The molecule has 142 valence electrons. The van der Waals surface area contributed by atoms with Gasteiger partial charge in [-0.2, -0.15) is 18.2 Å². The molecule has 1 unspecified atom stereocenters. The summed E-state index contributed by atoms with van der Waals surface area (Å²) in [6, 6.07) is 0.772. The second kappa shape index (κ2) is 6.74. The molecular weight excluding hydrogens is 446 g/mol. The number of benzene rings is 1.